The Labute approximate surface area is 71.0 Å². The van der Waals surface area contributed by atoms with Gasteiger partial charge in [-0.25, -0.2) is 4.89 Å². The van der Waals surface area contributed by atoms with Crippen molar-refractivity contribution in [2.45, 2.75) is 6.42 Å². The average molecular weight is 198 g/mol. The van der Waals surface area contributed by atoms with Crippen LogP contribution in [0.3, 0.4) is 0 Å². The van der Waals surface area contributed by atoms with Gasteiger partial charge in [-0.3, -0.25) is 0 Å². The summed E-state index contributed by atoms with van der Waals surface area (Å²) in [5, 5.41) is 20.4. The molecular weight excluding hydrogens is 192 g/mol. The Hall–Kier alpha value is -1.68. The topological polar surface area (TPSA) is 123 Å². The van der Waals surface area contributed by atoms with Crippen molar-refractivity contribution in [3.8, 4) is 0 Å². The molecule has 0 aromatic rings. The van der Waals surface area contributed by atoms with Crippen molar-refractivity contribution >= 4 is 0 Å². The number of hydrogen-bond acceptors (Lipinski definition) is 8. The maximum absolute atomic E-state index is 9.57. The van der Waals surface area contributed by atoms with Gasteiger partial charge >= 0.3 is 5.09 Å². The van der Waals surface area contributed by atoms with Gasteiger partial charge in [-0.2, -0.15) is 0 Å². The lowest BCUT2D eigenvalue weighted by Crippen LogP contribution is -2.07. The first-order valence-corrected chi connectivity index (χ1v) is 3.01. The van der Waals surface area contributed by atoms with Gasteiger partial charge < -0.3 is 4.84 Å². The third-order valence-corrected chi connectivity index (χ3v) is 0.708. The van der Waals surface area contributed by atoms with Crippen molar-refractivity contribution in [1.29, 1.82) is 0 Å². The molecule has 0 saturated carbocycles. The lowest BCUT2D eigenvalue weighted by Gasteiger charge is -1.98. The molecule has 0 aliphatic heterocycles. The second kappa shape index (κ2) is 7.00. The molecule has 76 valence electrons. The highest BCUT2D eigenvalue weighted by molar-refractivity contribution is 4.26. The first kappa shape index (κ1) is 11.3. The number of rotatable bonds is 8. The monoisotopic (exact) mass is 198 g/mol. The van der Waals surface area contributed by atoms with Crippen LogP contribution >= 0.6 is 0 Å². The van der Waals surface area contributed by atoms with E-state index in [2.05, 4.69) is 19.8 Å². The molecule has 0 rings (SSSR count). The maximum atomic E-state index is 9.57. The minimum atomic E-state index is -1.21. The minimum Gasteiger partial charge on any atom is -0.314 e. The minimum absolute atomic E-state index is 0.123. The van der Waals surface area contributed by atoms with Gasteiger partial charge in [-0.15, -0.1) is 25.2 Å². The summed E-state index contributed by atoms with van der Waals surface area (Å²) in [6.45, 7) is -0.309. The van der Waals surface area contributed by atoms with E-state index in [1.165, 1.54) is 0 Å². The van der Waals surface area contributed by atoms with E-state index in [1.54, 1.807) is 0 Å². The highest BCUT2D eigenvalue weighted by atomic mass is 17.6. The zero-order valence-corrected chi connectivity index (χ0v) is 6.28. The van der Waals surface area contributed by atoms with E-state index < -0.39 is 10.2 Å². The molecule has 0 radical (unpaired) electrons. The van der Waals surface area contributed by atoms with Crippen molar-refractivity contribution in [2.24, 2.45) is 0 Å². The van der Waals surface area contributed by atoms with Gasteiger partial charge in [0.25, 0.3) is 5.09 Å². The fraction of sp³-hybridized carbons (Fsp3) is 1.00. The van der Waals surface area contributed by atoms with Crippen molar-refractivity contribution < 1.29 is 29.9 Å². The molecule has 0 aromatic heterocycles. The summed E-state index contributed by atoms with van der Waals surface area (Å²) >= 11 is 0. The maximum Gasteiger partial charge on any atom is 0.324 e. The number of hydrogen-bond donors (Lipinski definition) is 0. The highest BCUT2D eigenvalue weighted by Crippen LogP contribution is 1.87. The van der Waals surface area contributed by atoms with Gasteiger partial charge in [-0.05, 0) is 11.5 Å². The predicted octanol–water partition coefficient (Wildman–Crippen LogP) is -0.344. The quantitative estimate of drug-likeness (QED) is 0.224. The molecule has 0 N–H and O–H groups in total. The Balaban J connectivity index is 3.00. The zero-order valence-electron chi connectivity index (χ0n) is 6.28. The van der Waals surface area contributed by atoms with Gasteiger partial charge in [0.15, 0.2) is 0 Å². The first-order chi connectivity index (χ1) is 6.13. The average Bonchev–Trinajstić information content (AvgIpc) is 2.01. The van der Waals surface area contributed by atoms with Gasteiger partial charge in [0.2, 0.25) is 0 Å². The molecule has 0 amide bonds. The van der Waals surface area contributed by atoms with Crippen molar-refractivity contribution in [2.75, 3.05) is 13.2 Å². The van der Waals surface area contributed by atoms with Crippen molar-refractivity contribution in [1.82, 2.24) is 0 Å². The van der Waals surface area contributed by atoms with E-state index in [-0.39, 0.29) is 19.6 Å². The van der Waals surface area contributed by atoms with E-state index >= 15 is 0 Å². The normalized spacial score (nSPS) is 9.23. The van der Waals surface area contributed by atoms with Crippen LogP contribution in [-0.2, 0) is 19.8 Å². The molecule has 0 aliphatic carbocycles. The van der Waals surface area contributed by atoms with Crippen LogP contribution in [0, 0.1) is 20.2 Å². The van der Waals surface area contributed by atoms with Crippen LogP contribution in [0.15, 0.2) is 0 Å². The summed E-state index contributed by atoms with van der Waals surface area (Å²) in [6.07, 6.45) is 0.141. The zero-order chi connectivity index (χ0) is 10.1. The van der Waals surface area contributed by atoms with E-state index in [4.69, 9.17) is 0 Å². The van der Waals surface area contributed by atoms with Crippen LogP contribution in [0.1, 0.15) is 6.42 Å². The summed E-state index contributed by atoms with van der Waals surface area (Å²) in [5.74, 6) is 0. The third kappa shape index (κ3) is 10.3. The van der Waals surface area contributed by atoms with Gasteiger partial charge in [0, 0.05) is 0 Å². The van der Waals surface area contributed by atoms with Crippen LogP contribution in [-0.4, -0.2) is 23.4 Å². The van der Waals surface area contributed by atoms with E-state index in [9.17, 15) is 20.2 Å². The molecule has 0 heterocycles. The summed E-state index contributed by atoms with van der Waals surface area (Å²) in [5.41, 5.74) is 0. The van der Waals surface area contributed by atoms with E-state index in [0.29, 0.717) is 0 Å². The van der Waals surface area contributed by atoms with E-state index in [1.807, 2.05) is 0 Å². The Kier molecular flexibility index (Phi) is 6.09. The molecule has 10 nitrogen and oxygen atoms in total. The molecule has 0 aliphatic rings. The molecule has 0 saturated heterocycles. The van der Waals surface area contributed by atoms with Crippen LogP contribution in [0.5, 0.6) is 0 Å². The van der Waals surface area contributed by atoms with Crippen molar-refractivity contribution in [3.63, 3.8) is 0 Å². The lowest BCUT2D eigenvalue weighted by molar-refractivity contribution is -0.890. The Morgan fingerprint density at radius 2 is 1.77 bits per heavy atom. The molecule has 10 heteroatoms. The lowest BCUT2D eigenvalue weighted by atomic mass is 10.5. The predicted molar refractivity (Wildman–Crippen MR) is 32.7 cm³/mol. The molecular formula is C3H6N2O8. The largest absolute Gasteiger partial charge is 0.324 e. The molecule has 0 unspecified atom stereocenters. The second-order valence-corrected chi connectivity index (χ2v) is 1.60. The van der Waals surface area contributed by atoms with Crippen molar-refractivity contribution in [3.05, 3.63) is 20.2 Å². The fourth-order valence-electron chi connectivity index (χ4n) is 0.337. The smallest absolute Gasteiger partial charge is 0.314 e. The van der Waals surface area contributed by atoms with Gasteiger partial charge in [-0.1, -0.05) is 0 Å². The Bertz CT molecular complexity index is 153. The Morgan fingerprint density at radius 3 is 2.31 bits per heavy atom. The summed E-state index contributed by atoms with van der Waals surface area (Å²) in [4.78, 5) is 30.3. The third-order valence-electron chi connectivity index (χ3n) is 0.708. The van der Waals surface area contributed by atoms with Gasteiger partial charge in [0.05, 0.1) is 13.2 Å². The van der Waals surface area contributed by atoms with E-state index in [0.717, 1.165) is 0 Å². The SMILES string of the molecule is O=[N+]([O-])OCCCOOO[N+](=O)[O-]. The summed E-state index contributed by atoms with van der Waals surface area (Å²) < 4.78 is 0. The standard InChI is InChI=1S/C3H6N2O8/c6-4(7)10-2-1-3-11-13-12-5(8)9/h1-3H2. The molecule has 13 heavy (non-hydrogen) atoms. The molecule has 0 fully saturated rings. The fourth-order valence-corrected chi connectivity index (χ4v) is 0.337. The molecule has 0 spiro atoms. The van der Waals surface area contributed by atoms with Crippen LogP contribution < -0.4 is 0 Å². The Morgan fingerprint density at radius 1 is 1.08 bits per heavy atom. The number of nitrogens with zero attached hydrogens (tertiary/aromatic N) is 2. The van der Waals surface area contributed by atoms with Gasteiger partial charge in [0.1, 0.15) is 0 Å². The highest BCUT2D eigenvalue weighted by Gasteiger charge is 1.97. The van der Waals surface area contributed by atoms with Crippen LogP contribution in [0.4, 0.5) is 0 Å². The first-order valence-electron chi connectivity index (χ1n) is 3.01. The second-order valence-electron chi connectivity index (χ2n) is 1.60. The van der Waals surface area contributed by atoms with Crippen LogP contribution in [0.2, 0.25) is 0 Å². The molecule has 0 bridgehead atoms. The summed E-state index contributed by atoms with van der Waals surface area (Å²) in [7, 11) is 0. The molecule has 0 atom stereocenters. The molecule has 0 aromatic carbocycles. The summed E-state index contributed by atoms with van der Waals surface area (Å²) in [6, 6.07) is 0. The van der Waals surface area contributed by atoms with Crippen LogP contribution in [0.25, 0.3) is 0 Å².